The van der Waals surface area contributed by atoms with E-state index >= 15 is 0 Å². The summed E-state index contributed by atoms with van der Waals surface area (Å²) in [7, 11) is 2.50. The number of hydrogen-bond acceptors (Lipinski definition) is 0. The molecule has 0 radical (unpaired) electrons. The molecular weight excluding hydrogens is 79.0 g/mol. The molecule has 0 aliphatic carbocycles. The van der Waals surface area contributed by atoms with Crippen molar-refractivity contribution < 1.29 is 0 Å². The van der Waals surface area contributed by atoms with E-state index in [2.05, 4.69) is 15.8 Å². The van der Waals surface area contributed by atoms with Gasteiger partial charge >= 0.3 is 0 Å². The van der Waals surface area contributed by atoms with Crippen molar-refractivity contribution in [3.05, 3.63) is 18.8 Å². The highest BCUT2D eigenvalue weighted by Gasteiger charge is 1.47. The quantitative estimate of drug-likeness (QED) is 0.272. The second-order valence-corrected chi connectivity index (χ2v) is 1.23. The zero-order valence-electron chi connectivity index (χ0n) is 3.15. The lowest BCUT2D eigenvalue weighted by Crippen LogP contribution is -1.48. The summed E-state index contributed by atoms with van der Waals surface area (Å²) in [5, 5.41) is 0. The largest absolute Gasteiger partial charge is 0.305 e. The molecule has 0 fully saturated rings. The molecule has 0 aromatic rings. The van der Waals surface area contributed by atoms with Crippen LogP contribution in [0.25, 0.3) is 0 Å². The van der Waals surface area contributed by atoms with Crippen LogP contribution in [0, 0.1) is 6.16 Å². The Morgan fingerprint density at radius 3 is 2.60 bits per heavy atom. The van der Waals surface area contributed by atoms with E-state index in [9.17, 15) is 0 Å². The van der Waals surface area contributed by atoms with Crippen molar-refractivity contribution in [1.29, 1.82) is 0 Å². The molecule has 0 heterocycles. The molecule has 0 aromatic heterocycles. The van der Waals surface area contributed by atoms with Gasteiger partial charge in [0.15, 0.2) is 0 Å². The lowest BCUT2D eigenvalue weighted by atomic mass is 10.5. The molecule has 0 saturated heterocycles. The molecule has 1 atom stereocenters. The molecule has 0 aromatic carbocycles. The molecule has 0 nitrogen and oxygen atoms in total. The van der Waals surface area contributed by atoms with Gasteiger partial charge in [0, 0.05) is 0 Å². The van der Waals surface area contributed by atoms with E-state index in [4.69, 9.17) is 0 Å². The van der Waals surface area contributed by atoms with E-state index in [0.717, 1.165) is 6.42 Å². The Morgan fingerprint density at radius 1 is 2.00 bits per heavy atom. The fraction of sp³-hybridized carbons (Fsp3) is 0.250. The number of rotatable bonds is 2. The van der Waals surface area contributed by atoms with Crippen molar-refractivity contribution in [1.82, 2.24) is 0 Å². The Morgan fingerprint density at radius 2 is 2.60 bits per heavy atom. The molecule has 1 heteroatoms. The maximum Gasteiger partial charge on any atom is -0.106 e. The third-order valence-electron chi connectivity index (χ3n) is 0.303. The van der Waals surface area contributed by atoms with Crippen LogP contribution in [0.3, 0.4) is 0 Å². The van der Waals surface area contributed by atoms with Gasteiger partial charge in [-0.25, -0.2) is 0 Å². The van der Waals surface area contributed by atoms with Gasteiger partial charge in [-0.3, -0.25) is 9.24 Å². The van der Waals surface area contributed by atoms with Gasteiger partial charge in [0.1, 0.15) is 0 Å². The molecule has 30 valence electrons. The zero-order valence-corrected chi connectivity index (χ0v) is 4.30. The maximum atomic E-state index is 3.51. The van der Waals surface area contributed by atoms with Gasteiger partial charge in [-0.2, -0.15) is 6.42 Å². The van der Waals surface area contributed by atoms with Crippen molar-refractivity contribution in [3.63, 3.8) is 0 Å². The average Bonchev–Trinajstić information content (AvgIpc) is 1.41. The first-order valence-electron chi connectivity index (χ1n) is 1.56. The normalized spacial score (nSPS) is 7.40. The third kappa shape index (κ3) is 4.17. The Balaban J connectivity index is 2.40. The predicted molar refractivity (Wildman–Crippen MR) is 28.8 cm³/mol. The fourth-order valence-electron chi connectivity index (χ4n) is 0.0962. The molecule has 0 amide bonds. The summed E-state index contributed by atoms with van der Waals surface area (Å²) in [5.41, 5.74) is 0. The van der Waals surface area contributed by atoms with Crippen LogP contribution in [0.1, 0.15) is 6.42 Å². The Bertz CT molecular complexity index is 24.8. The van der Waals surface area contributed by atoms with Crippen LogP contribution in [0.2, 0.25) is 0 Å². The third-order valence-corrected chi connectivity index (χ3v) is 0.575. The summed E-state index contributed by atoms with van der Waals surface area (Å²) in [6.45, 7) is 3.51. The molecule has 0 rings (SSSR count). The average molecular weight is 87.1 g/mol. The monoisotopic (exact) mass is 87.0 g/mol. The van der Waals surface area contributed by atoms with E-state index in [1.54, 1.807) is 0 Å². The minimum Gasteiger partial charge on any atom is -0.305 e. The summed E-state index contributed by atoms with van der Waals surface area (Å²) in [6.07, 6.45) is 4.82. The lowest BCUT2D eigenvalue weighted by Gasteiger charge is -1.88. The van der Waals surface area contributed by atoms with Crippen LogP contribution in [-0.2, 0) is 0 Å². The van der Waals surface area contributed by atoms with Crippen molar-refractivity contribution in [2.75, 3.05) is 0 Å². The summed E-state index contributed by atoms with van der Waals surface area (Å²) in [6, 6.07) is 0. The second kappa shape index (κ2) is 4.17. The van der Waals surface area contributed by atoms with Gasteiger partial charge < -0.3 is 6.16 Å². The van der Waals surface area contributed by atoms with E-state index in [0.29, 0.717) is 0 Å². The van der Waals surface area contributed by atoms with Crippen LogP contribution in [0.5, 0.6) is 0 Å². The highest BCUT2D eigenvalue weighted by atomic mass is 31.0. The van der Waals surface area contributed by atoms with Gasteiger partial charge in [-0.05, 0) is 0 Å². The standard InChI is InChI=1S/C4H8P/c1-2-3-4-5/h2,4H,1,3,5H2/q-1. The second-order valence-electron chi connectivity index (χ2n) is 0.760. The maximum absolute atomic E-state index is 3.51. The number of hydrogen-bond donors (Lipinski definition) is 0. The summed E-state index contributed by atoms with van der Waals surface area (Å²) < 4.78 is 0. The van der Waals surface area contributed by atoms with Gasteiger partial charge in [0.25, 0.3) is 0 Å². The van der Waals surface area contributed by atoms with E-state index in [-0.39, 0.29) is 0 Å². The Labute approximate surface area is 35.5 Å². The summed E-state index contributed by atoms with van der Waals surface area (Å²) in [5.74, 6) is 0. The van der Waals surface area contributed by atoms with Crippen molar-refractivity contribution in [2.45, 2.75) is 6.42 Å². The topological polar surface area (TPSA) is 0 Å². The van der Waals surface area contributed by atoms with Gasteiger partial charge in [0.05, 0.1) is 0 Å². The van der Waals surface area contributed by atoms with Crippen LogP contribution >= 0.6 is 9.24 Å². The highest BCUT2D eigenvalue weighted by molar-refractivity contribution is 7.19. The van der Waals surface area contributed by atoms with E-state index in [1.165, 1.54) is 0 Å². The lowest BCUT2D eigenvalue weighted by molar-refractivity contribution is 1.38. The predicted octanol–water partition coefficient (Wildman–Crippen LogP) is 1.60. The summed E-state index contributed by atoms with van der Waals surface area (Å²) in [4.78, 5) is 0. The van der Waals surface area contributed by atoms with Crippen molar-refractivity contribution in [2.24, 2.45) is 0 Å². The molecule has 1 unspecified atom stereocenters. The van der Waals surface area contributed by atoms with Gasteiger partial charge in [-0.1, -0.05) is 0 Å². The summed E-state index contributed by atoms with van der Waals surface area (Å²) >= 11 is 0. The Kier molecular flexibility index (Phi) is 4.31. The molecule has 0 aliphatic heterocycles. The van der Waals surface area contributed by atoms with Crippen LogP contribution in [0.4, 0.5) is 0 Å². The molecule has 0 aliphatic rings. The Hall–Kier alpha value is 0.170. The molecule has 0 saturated carbocycles. The van der Waals surface area contributed by atoms with Crippen molar-refractivity contribution >= 4 is 9.24 Å². The first-order valence-corrected chi connectivity index (χ1v) is 2.22. The molecule has 0 bridgehead atoms. The SMILES string of the molecule is C=CC[CH-]P. The van der Waals surface area contributed by atoms with E-state index in [1.807, 2.05) is 12.2 Å². The minimum atomic E-state index is 0.991. The van der Waals surface area contributed by atoms with Crippen molar-refractivity contribution in [3.8, 4) is 0 Å². The molecular formula is C4H8P-. The molecule has 0 N–H and O–H groups in total. The van der Waals surface area contributed by atoms with Crippen LogP contribution in [-0.4, -0.2) is 0 Å². The fourth-order valence-corrected chi connectivity index (χ4v) is 0.289. The first kappa shape index (κ1) is 5.17. The van der Waals surface area contributed by atoms with Crippen LogP contribution in [0.15, 0.2) is 12.7 Å². The number of allylic oxidation sites excluding steroid dienone is 1. The van der Waals surface area contributed by atoms with E-state index < -0.39 is 0 Å². The van der Waals surface area contributed by atoms with Crippen LogP contribution < -0.4 is 0 Å². The minimum absolute atomic E-state index is 0.991. The first-order chi connectivity index (χ1) is 2.41. The van der Waals surface area contributed by atoms with Gasteiger partial charge in [-0.15, -0.1) is 12.7 Å². The zero-order chi connectivity index (χ0) is 4.12. The molecule has 0 spiro atoms. The molecule has 5 heavy (non-hydrogen) atoms. The van der Waals surface area contributed by atoms with Gasteiger partial charge in [0.2, 0.25) is 0 Å². The smallest absolute Gasteiger partial charge is 0.106 e. The highest BCUT2D eigenvalue weighted by Crippen LogP contribution is 1.93.